The van der Waals surface area contributed by atoms with Crippen molar-refractivity contribution in [2.24, 2.45) is 5.92 Å². The van der Waals surface area contributed by atoms with E-state index in [1.165, 1.54) is 32.1 Å². The zero-order chi connectivity index (χ0) is 14.5. The Morgan fingerprint density at radius 1 is 1.25 bits per heavy atom. The summed E-state index contributed by atoms with van der Waals surface area (Å²) in [6, 6.07) is 4.26. The number of rotatable bonds is 3. The predicted molar refractivity (Wildman–Crippen MR) is 81.9 cm³/mol. The van der Waals surface area contributed by atoms with Crippen LogP contribution in [0.5, 0.6) is 0 Å². The average molecular weight is 275 g/mol. The Bertz CT molecular complexity index is 442. The van der Waals surface area contributed by atoms with Crippen molar-refractivity contribution in [3.63, 3.8) is 0 Å². The molecular weight excluding hydrogens is 250 g/mol. The summed E-state index contributed by atoms with van der Waals surface area (Å²) in [6.07, 6.45) is 8.12. The van der Waals surface area contributed by atoms with Crippen molar-refractivity contribution in [3.8, 4) is 0 Å². The second-order valence-corrected chi connectivity index (χ2v) is 6.00. The number of carbonyl (C=O) groups is 1. The van der Waals surface area contributed by atoms with Crippen LogP contribution in [0.4, 0.5) is 5.82 Å². The summed E-state index contributed by atoms with van der Waals surface area (Å²) in [4.78, 5) is 17.8. The maximum atomic E-state index is 11.8. The first-order valence-electron chi connectivity index (χ1n) is 7.52. The fourth-order valence-electron chi connectivity index (χ4n) is 2.76. The van der Waals surface area contributed by atoms with Gasteiger partial charge in [-0.1, -0.05) is 26.2 Å². The average Bonchev–Trinajstić information content (AvgIpc) is 2.64. The van der Waals surface area contributed by atoms with E-state index in [4.69, 9.17) is 0 Å². The molecule has 1 aliphatic carbocycles. The maximum Gasteiger partial charge on any atom is 0.254 e. The molecule has 2 atom stereocenters. The molecule has 0 aromatic carbocycles. The fourth-order valence-corrected chi connectivity index (χ4v) is 2.76. The zero-order valence-electron chi connectivity index (χ0n) is 12.7. The van der Waals surface area contributed by atoms with E-state index >= 15 is 0 Å². The lowest BCUT2D eigenvalue weighted by Gasteiger charge is -2.23. The number of hydrogen-bond acceptors (Lipinski definition) is 3. The van der Waals surface area contributed by atoms with Crippen molar-refractivity contribution in [2.45, 2.75) is 45.1 Å². The van der Waals surface area contributed by atoms with Gasteiger partial charge in [0, 0.05) is 26.3 Å². The van der Waals surface area contributed by atoms with E-state index < -0.39 is 0 Å². The van der Waals surface area contributed by atoms with Gasteiger partial charge in [-0.3, -0.25) is 4.79 Å². The highest BCUT2D eigenvalue weighted by molar-refractivity contribution is 5.93. The van der Waals surface area contributed by atoms with E-state index in [1.54, 1.807) is 25.2 Å². The lowest BCUT2D eigenvalue weighted by Crippen LogP contribution is -2.27. The number of amides is 1. The normalized spacial score (nSPS) is 22.9. The molecule has 0 spiro atoms. The summed E-state index contributed by atoms with van der Waals surface area (Å²) in [5, 5.41) is 3.53. The van der Waals surface area contributed by atoms with Gasteiger partial charge in [0.15, 0.2) is 0 Å². The molecule has 4 nitrogen and oxygen atoms in total. The first-order chi connectivity index (χ1) is 9.58. The molecule has 0 radical (unpaired) electrons. The number of pyridine rings is 1. The van der Waals surface area contributed by atoms with Crippen LogP contribution in [-0.2, 0) is 0 Å². The summed E-state index contributed by atoms with van der Waals surface area (Å²) in [7, 11) is 3.50. The molecule has 20 heavy (non-hydrogen) atoms. The zero-order valence-corrected chi connectivity index (χ0v) is 12.7. The number of nitrogens with one attached hydrogen (secondary N) is 1. The standard InChI is InChI=1S/C16H25N3O/c1-12-7-5-4-6-8-14(12)18-15-10-9-13(11-17-15)16(20)19(2)3/h9-12,14H,4-8H2,1-3H3,(H,17,18). The smallest absolute Gasteiger partial charge is 0.254 e. The van der Waals surface area contributed by atoms with Crippen LogP contribution in [0.2, 0.25) is 0 Å². The Balaban J connectivity index is 2.01. The maximum absolute atomic E-state index is 11.8. The van der Waals surface area contributed by atoms with Crippen LogP contribution in [0.3, 0.4) is 0 Å². The Morgan fingerprint density at radius 3 is 2.65 bits per heavy atom. The Labute approximate surface area is 121 Å². The first-order valence-corrected chi connectivity index (χ1v) is 7.52. The van der Waals surface area contributed by atoms with Crippen molar-refractivity contribution >= 4 is 11.7 Å². The summed E-state index contributed by atoms with van der Waals surface area (Å²) in [5.74, 6) is 1.55. The van der Waals surface area contributed by atoms with Crippen molar-refractivity contribution < 1.29 is 4.79 Å². The molecule has 1 aromatic rings. The molecule has 2 unspecified atom stereocenters. The highest BCUT2D eigenvalue weighted by Gasteiger charge is 2.20. The van der Waals surface area contributed by atoms with Gasteiger partial charge in [0.1, 0.15) is 5.82 Å². The van der Waals surface area contributed by atoms with Crippen LogP contribution in [-0.4, -0.2) is 35.9 Å². The van der Waals surface area contributed by atoms with Crippen LogP contribution in [0.25, 0.3) is 0 Å². The second kappa shape index (κ2) is 6.73. The number of carbonyl (C=O) groups excluding carboxylic acids is 1. The third kappa shape index (κ3) is 3.71. The van der Waals surface area contributed by atoms with Gasteiger partial charge in [0.2, 0.25) is 0 Å². The van der Waals surface area contributed by atoms with Gasteiger partial charge >= 0.3 is 0 Å². The van der Waals surface area contributed by atoms with Crippen LogP contribution in [0.15, 0.2) is 18.3 Å². The Morgan fingerprint density at radius 2 is 2.00 bits per heavy atom. The molecule has 110 valence electrons. The monoisotopic (exact) mass is 275 g/mol. The van der Waals surface area contributed by atoms with Gasteiger partial charge in [-0.25, -0.2) is 4.98 Å². The van der Waals surface area contributed by atoms with Crippen molar-refractivity contribution in [1.29, 1.82) is 0 Å². The molecule has 0 aliphatic heterocycles. The van der Waals surface area contributed by atoms with Gasteiger partial charge in [-0.15, -0.1) is 0 Å². The largest absolute Gasteiger partial charge is 0.367 e. The lowest BCUT2D eigenvalue weighted by atomic mass is 9.97. The quantitative estimate of drug-likeness (QED) is 0.862. The molecule has 1 aliphatic rings. The molecule has 1 aromatic heterocycles. The van der Waals surface area contributed by atoms with Crippen molar-refractivity contribution in [1.82, 2.24) is 9.88 Å². The molecule has 4 heteroatoms. The van der Waals surface area contributed by atoms with Gasteiger partial charge in [0.05, 0.1) is 5.56 Å². The fraction of sp³-hybridized carbons (Fsp3) is 0.625. The molecule has 0 saturated heterocycles. The van der Waals surface area contributed by atoms with E-state index in [0.717, 1.165) is 5.82 Å². The third-order valence-electron chi connectivity index (χ3n) is 4.11. The van der Waals surface area contributed by atoms with Crippen molar-refractivity contribution in [3.05, 3.63) is 23.9 Å². The van der Waals surface area contributed by atoms with Gasteiger partial charge in [-0.2, -0.15) is 0 Å². The summed E-state index contributed by atoms with van der Waals surface area (Å²) >= 11 is 0. The minimum Gasteiger partial charge on any atom is -0.367 e. The third-order valence-corrected chi connectivity index (χ3v) is 4.11. The molecule has 1 heterocycles. The van der Waals surface area contributed by atoms with Crippen LogP contribution < -0.4 is 5.32 Å². The topological polar surface area (TPSA) is 45.2 Å². The van der Waals surface area contributed by atoms with Crippen LogP contribution in [0, 0.1) is 5.92 Å². The summed E-state index contributed by atoms with van der Waals surface area (Å²) < 4.78 is 0. The Hall–Kier alpha value is -1.58. The van der Waals surface area contributed by atoms with E-state index in [-0.39, 0.29) is 5.91 Å². The number of aromatic nitrogens is 1. The number of hydrogen-bond donors (Lipinski definition) is 1. The molecular formula is C16H25N3O. The Kier molecular flexibility index (Phi) is 4.99. The minimum atomic E-state index is -0.00751. The van der Waals surface area contributed by atoms with Crippen LogP contribution in [0.1, 0.15) is 49.4 Å². The highest BCUT2D eigenvalue weighted by atomic mass is 16.2. The summed E-state index contributed by atoms with van der Waals surface area (Å²) in [6.45, 7) is 2.31. The predicted octanol–water partition coefficient (Wildman–Crippen LogP) is 3.16. The number of nitrogens with zero attached hydrogens (tertiary/aromatic N) is 2. The first kappa shape index (κ1) is 14.8. The van der Waals surface area contributed by atoms with Gasteiger partial charge < -0.3 is 10.2 Å². The van der Waals surface area contributed by atoms with E-state index in [9.17, 15) is 4.79 Å². The van der Waals surface area contributed by atoms with Crippen molar-refractivity contribution in [2.75, 3.05) is 19.4 Å². The van der Waals surface area contributed by atoms with Gasteiger partial charge in [0.25, 0.3) is 5.91 Å². The molecule has 1 fully saturated rings. The minimum absolute atomic E-state index is 0.00751. The van der Waals surface area contributed by atoms with Gasteiger partial charge in [-0.05, 0) is 30.9 Å². The van der Waals surface area contributed by atoms with E-state index in [1.807, 2.05) is 12.1 Å². The molecule has 2 rings (SSSR count). The SMILES string of the molecule is CC1CCCCCC1Nc1ccc(C(=O)N(C)C)cn1. The second-order valence-electron chi connectivity index (χ2n) is 6.00. The van der Waals surface area contributed by atoms with Crippen LogP contribution >= 0.6 is 0 Å². The molecule has 1 N–H and O–H groups in total. The molecule has 1 saturated carbocycles. The highest BCUT2D eigenvalue weighted by Crippen LogP contribution is 2.25. The summed E-state index contributed by atoms with van der Waals surface area (Å²) in [5.41, 5.74) is 0.634. The number of anilines is 1. The molecule has 0 bridgehead atoms. The van der Waals surface area contributed by atoms with E-state index in [0.29, 0.717) is 17.5 Å². The lowest BCUT2D eigenvalue weighted by molar-refractivity contribution is 0.0827. The van der Waals surface area contributed by atoms with E-state index in [2.05, 4.69) is 17.2 Å². The molecule has 1 amide bonds.